The SMILES string of the molecule is CCC(=O)N1Cc2ccccc2CC2(CCN(CC3CCNC3)CC2)C1. The van der Waals surface area contributed by atoms with E-state index >= 15 is 0 Å². The normalized spacial score (nSPS) is 25.9. The molecule has 1 aromatic rings. The van der Waals surface area contributed by atoms with E-state index < -0.39 is 0 Å². The van der Waals surface area contributed by atoms with Gasteiger partial charge in [-0.2, -0.15) is 0 Å². The maximum absolute atomic E-state index is 12.6. The zero-order valence-electron chi connectivity index (χ0n) is 16.2. The van der Waals surface area contributed by atoms with E-state index in [-0.39, 0.29) is 5.41 Å². The maximum Gasteiger partial charge on any atom is 0.222 e. The van der Waals surface area contributed by atoms with Crippen LogP contribution >= 0.6 is 0 Å². The average molecular weight is 356 g/mol. The fraction of sp³-hybridized carbons (Fsp3) is 0.682. The summed E-state index contributed by atoms with van der Waals surface area (Å²) in [5.74, 6) is 1.14. The van der Waals surface area contributed by atoms with Gasteiger partial charge < -0.3 is 15.1 Å². The molecule has 0 aromatic heterocycles. The van der Waals surface area contributed by atoms with E-state index in [1.807, 2.05) is 6.92 Å². The second kappa shape index (κ2) is 7.69. The standard InChI is InChI=1S/C22H33N3O/c1-2-21(26)25-16-20-6-4-3-5-19(20)13-22(17-25)8-11-24(12-9-22)15-18-7-10-23-14-18/h3-6,18,23H,2,7-17H2,1H3. The number of benzene rings is 1. The Hall–Kier alpha value is -1.39. The second-order valence-electron chi connectivity index (χ2n) is 8.71. The monoisotopic (exact) mass is 355 g/mol. The highest BCUT2D eigenvalue weighted by molar-refractivity contribution is 5.76. The zero-order valence-corrected chi connectivity index (χ0v) is 16.2. The molecule has 4 nitrogen and oxygen atoms in total. The summed E-state index contributed by atoms with van der Waals surface area (Å²) < 4.78 is 0. The van der Waals surface area contributed by atoms with Crippen LogP contribution < -0.4 is 5.32 Å². The Morgan fingerprint density at radius 3 is 2.69 bits per heavy atom. The van der Waals surface area contributed by atoms with Crippen molar-refractivity contribution >= 4 is 5.91 Å². The molecule has 2 fully saturated rings. The third kappa shape index (κ3) is 3.81. The third-order valence-electron chi connectivity index (χ3n) is 6.82. The number of carbonyl (C=O) groups excluding carboxylic acids is 1. The number of piperidine rings is 1. The molecule has 0 radical (unpaired) electrons. The molecule has 3 aliphatic rings. The molecule has 1 amide bonds. The molecule has 4 rings (SSSR count). The first-order chi connectivity index (χ1) is 12.7. The number of amides is 1. The number of rotatable bonds is 3. The molecule has 0 aliphatic carbocycles. The summed E-state index contributed by atoms with van der Waals surface area (Å²) in [6, 6.07) is 8.77. The van der Waals surface area contributed by atoms with E-state index in [2.05, 4.69) is 39.4 Å². The lowest BCUT2D eigenvalue weighted by Crippen LogP contribution is -2.48. The Balaban J connectivity index is 1.48. The highest BCUT2D eigenvalue weighted by Crippen LogP contribution is 2.40. The van der Waals surface area contributed by atoms with Gasteiger partial charge in [-0.25, -0.2) is 0 Å². The van der Waals surface area contributed by atoms with Crippen LogP contribution in [-0.2, 0) is 17.8 Å². The smallest absolute Gasteiger partial charge is 0.222 e. The summed E-state index contributed by atoms with van der Waals surface area (Å²) in [5.41, 5.74) is 3.08. The summed E-state index contributed by atoms with van der Waals surface area (Å²) >= 11 is 0. The van der Waals surface area contributed by atoms with Crippen LogP contribution in [0.5, 0.6) is 0 Å². The Labute approximate surface area is 157 Å². The number of hydrogen-bond acceptors (Lipinski definition) is 3. The van der Waals surface area contributed by atoms with Gasteiger partial charge in [-0.15, -0.1) is 0 Å². The lowest BCUT2D eigenvalue weighted by atomic mass is 9.73. The number of likely N-dealkylation sites (tertiary alicyclic amines) is 1. The van der Waals surface area contributed by atoms with Crippen LogP contribution in [0.4, 0.5) is 0 Å². The predicted molar refractivity (Wildman–Crippen MR) is 105 cm³/mol. The van der Waals surface area contributed by atoms with Crippen LogP contribution in [0.1, 0.15) is 43.7 Å². The molecule has 0 saturated carbocycles. The van der Waals surface area contributed by atoms with E-state index in [1.54, 1.807) is 0 Å². The predicted octanol–water partition coefficient (Wildman–Crippen LogP) is 2.67. The Morgan fingerprint density at radius 2 is 2.00 bits per heavy atom. The molecule has 3 aliphatic heterocycles. The third-order valence-corrected chi connectivity index (χ3v) is 6.82. The highest BCUT2D eigenvalue weighted by Gasteiger charge is 2.40. The molecule has 142 valence electrons. The first-order valence-corrected chi connectivity index (χ1v) is 10.5. The van der Waals surface area contributed by atoms with Gasteiger partial charge in [-0.3, -0.25) is 4.79 Å². The van der Waals surface area contributed by atoms with Gasteiger partial charge in [0.15, 0.2) is 0 Å². The van der Waals surface area contributed by atoms with Crippen molar-refractivity contribution < 1.29 is 4.79 Å². The highest BCUT2D eigenvalue weighted by atomic mass is 16.2. The minimum atomic E-state index is 0.266. The van der Waals surface area contributed by atoms with Crippen LogP contribution in [0.3, 0.4) is 0 Å². The van der Waals surface area contributed by atoms with Gasteiger partial charge in [0.2, 0.25) is 5.91 Å². The van der Waals surface area contributed by atoms with E-state index in [9.17, 15) is 4.79 Å². The van der Waals surface area contributed by atoms with Crippen molar-refractivity contribution in [2.75, 3.05) is 39.3 Å². The maximum atomic E-state index is 12.6. The lowest BCUT2D eigenvalue weighted by molar-refractivity contribution is -0.133. The Morgan fingerprint density at radius 1 is 1.23 bits per heavy atom. The first-order valence-electron chi connectivity index (χ1n) is 10.5. The van der Waals surface area contributed by atoms with E-state index in [4.69, 9.17) is 0 Å². The molecular formula is C22H33N3O. The number of fused-ring (bicyclic) bond motifs is 1. The fourth-order valence-corrected chi connectivity index (χ4v) is 5.19. The van der Waals surface area contributed by atoms with Gasteiger partial charge in [0.1, 0.15) is 0 Å². The van der Waals surface area contributed by atoms with Gasteiger partial charge >= 0.3 is 0 Å². The molecule has 1 N–H and O–H groups in total. The minimum Gasteiger partial charge on any atom is -0.338 e. The van der Waals surface area contributed by atoms with E-state index in [0.717, 1.165) is 25.4 Å². The number of carbonyl (C=O) groups is 1. The van der Waals surface area contributed by atoms with Gasteiger partial charge in [-0.05, 0) is 74.3 Å². The number of hydrogen-bond donors (Lipinski definition) is 1. The molecule has 4 heteroatoms. The lowest BCUT2D eigenvalue weighted by Gasteiger charge is -2.44. The van der Waals surface area contributed by atoms with Gasteiger partial charge in [0.25, 0.3) is 0 Å². The van der Waals surface area contributed by atoms with Crippen LogP contribution in [0.15, 0.2) is 24.3 Å². The molecular weight excluding hydrogens is 322 g/mol. The number of nitrogens with zero attached hydrogens (tertiary/aromatic N) is 2. The van der Waals surface area contributed by atoms with Crippen molar-refractivity contribution in [3.63, 3.8) is 0 Å². The summed E-state index contributed by atoms with van der Waals surface area (Å²) in [7, 11) is 0. The van der Waals surface area contributed by atoms with Crippen LogP contribution in [0.2, 0.25) is 0 Å². The molecule has 2 saturated heterocycles. The topological polar surface area (TPSA) is 35.6 Å². The largest absolute Gasteiger partial charge is 0.338 e. The van der Waals surface area contributed by atoms with Gasteiger partial charge in [0.05, 0.1) is 0 Å². The van der Waals surface area contributed by atoms with Crippen molar-refractivity contribution in [2.24, 2.45) is 11.3 Å². The molecule has 3 heterocycles. The summed E-state index contributed by atoms with van der Waals surface area (Å²) in [5, 5.41) is 3.49. The van der Waals surface area contributed by atoms with Gasteiger partial charge in [-0.1, -0.05) is 31.2 Å². The van der Waals surface area contributed by atoms with Crippen molar-refractivity contribution in [1.29, 1.82) is 0 Å². The van der Waals surface area contributed by atoms with E-state index in [1.165, 1.54) is 63.1 Å². The molecule has 1 unspecified atom stereocenters. The molecule has 26 heavy (non-hydrogen) atoms. The van der Waals surface area contributed by atoms with Crippen LogP contribution in [-0.4, -0.2) is 55.0 Å². The summed E-state index contributed by atoms with van der Waals surface area (Å²) in [4.78, 5) is 17.4. The van der Waals surface area contributed by atoms with Crippen molar-refractivity contribution in [3.8, 4) is 0 Å². The second-order valence-corrected chi connectivity index (χ2v) is 8.71. The van der Waals surface area contributed by atoms with Crippen molar-refractivity contribution in [1.82, 2.24) is 15.1 Å². The molecule has 0 bridgehead atoms. The quantitative estimate of drug-likeness (QED) is 0.905. The number of nitrogens with one attached hydrogen (secondary N) is 1. The molecule has 1 aromatic carbocycles. The van der Waals surface area contributed by atoms with Crippen molar-refractivity contribution in [3.05, 3.63) is 35.4 Å². The van der Waals surface area contributed by atoms with Crippen LogP contribution in [0.25, 0.3) is 0 Å². The van der Waals surface area contributed by atoms with E-state index in [0.29, 0.717) is 12.3 Å². The Kier molecular flexibility index (Phi) is 5.32. The van der Waals surface area contributed by atoms with Crippen molar-refractivity contribution in [2.45, 2.75) is 45.6 Å². The van der Waals surface area contributed by atoms with Gasteiger partial charge in [0, 0.05) is 26.1 Å². The first kappa shape index (κ1) is 18.0. The summed E-state index contributed by atoms with van der Waals surface area (Å²) in [6.45, 7) is 9.72. The average Bonchev–Trinajstić information content (AvgIpc) is 3.11. The molecule has 1 atom stereocenters. The summed E-state index contributed by atoms with van der Waals surface area (Å²) in [6.07, 6.45) is 5.51. The fourth-order valence-electron chi connectivity index (χ4n) is 5.19. The Bertz CT molecular complexity index is 630. The van der Waals surface area contributed by atoms with Crippen LogP contribution in [0, 0.1) is 11.3 Å². The zero-order chi connectivity index (χ0) is 18.0. The minimum absolute atomic E-state index is 0.266. The molecule has 1 spiro atoms.